The van der Waals surface area contributed by atoms with Crippen LogP contribution >= 0.6 is 11.3 Å². The number of thiophene rings is 1. The van der Waals surface area contributed by atoms with Crippen molar-refractivity contribution in [2.45, 2.75) is 6.04 Å². The largest absolute Gasteiger partial charge is 0.329 e. The SMILES string of the molecule is Cn1c2c(c(=O)[nH]c1=O)[C@H](c1cccs1)NC(=O)N2. The molecule has 0 aromatic carbocycles. The van der Waals surface area contributed by atoms with Gasteiger partial charge in [0.05, 0.1) is 11.6 Å². The molecule has 1 aliphatic heterocycles. The highest BCUT2D eigenvalue weighted by Crippen LogP contribution is 2.30. The van der Waals surface area contributed by atoms with Gasteiger partial charge in [-0.05, 0) is 11.4 Å². The smallest absolute Gasteiger partial charge is 0.326 e. The summed E-state index contributed by atoms with van der Waals surface area (Å²) in [6, 6.07) is 2.69. The van der Waals surface area contributed by atoms with E-state index in [1.807, 2.05) is 17.5 Å². The topological polar surface area (TPSA) is 96.0 Å². The zero-order valence-corrected chi connectivity index (χ0v) is 10.7. The van der Waals surface area contributed by atoms with Crippen LogP contribution in [0.3, 0.4) is 0 Å². The number of urea groups is 1. The first kappa shape index (κ1) is 11.7. The molecule has 7 nitrogen and oxygen atoms in total. The molecule has 3 heterocycles. The number of fused-ring (bicyclic) bond motifs is 1. The van der Waals surface area contributed by atoms with Crippen molar-refractivity contribution >= 4 is 23.2 Å². The van der Waals surface area contributed by atoms with Crippen LogP contribution in [-0.4, -0.2) is 15.6 Å². The third kappa shape index (κ3) is 1.76. The number of carbonyl (C=O) groups is 1. The van der Waals surface area contributed by atoms with Crippen molar-refractivity contribution in [3.05, 3.63) is 48.8 Å². The molecule has 3 N–H and O–H groups in total. The van der Waals surface area contributed by atoms with E-state index in [-0.39, 0.29) is 5.82 Å². The van der Waals surface area contributed by atoms with Crippen molar-refractivity contribution in [3.63, 3.8) is 0 Å². The summed E-state index contributed by atoms with van der Waals surface area (Å²) in [7, 11) is 1.49. The fraction of sp³-hybridized carbons (Fsp3) is 0.182. The minimum atomic E-state index is -0.559. The summed E-state index contributed by atoms with van der Waals surface area (Å²) in [4.78, 5) is 38.3. The van der Waals surface area contributed by atoms with Gasteiger partial charge in [0.25, 0.3) is 5.56 Å². The maximum atomic E-state index is 12.0. The third-order valence-electron chi connectivity index (χ3n) is 2.98. The molecule has 0 unspecified atom stereocenters. The third-order valence-corrected chi connectivity index (χ3v) is 3.92. The van der Waals surface area contributed by atoms with Gasteiger partial charge < -0.3 is 5.32 Å². The molecule has 0 aliphatic carbocycles. The molecule has 8 heteroatoms. The molecule has 2 amide bonds. The first-order valence-electron chi connectivity index (χ1n) is 5.52. The molecule has 3 rings (SSSR count). The molecule has 19 heavy (non-hydrogen) atoms. The highest BCUT2D eigenvalue weighted by molar-refractivity contribution is 7.10. The zero-order valence-electron chi connectivity index (χ0n) is 9.89. The lowest BCUT2D eigenvalue weighted by Gasteiger charge is -2.26. The Balaban J connectivity index is 2.30. The Hall–Kier alpha value is -2.35. The Bertz CT molecular complexity index is 759. The number of amides is 2. The summed E-state index contributed by atoms with van der Waals surface area (Å²) in [5.41, 5.74) is -0.718. The maximum absolute atomic E-state index is 12.0. The van der Waals surface area contributed by atoms with E-state index in [1.54, 1.807) is 0 Å². The number of H-pyrrole nitrogens is 1. The Morgan fingerprint density at radius 3 is 2.79 bits per heavy atom. The number of hydrogen-bond donors (Lipinski definition) is 3. The first-order chi connectivity index (χ1) is 9.08. The number of carbonyl (C=O) groups excluding carboxylic acids is 1. The second-order valence-corrected chi connectivity index (χ2v) is 5.11. The normalized spacial score (nSPS) is 17.5. The number of aromatic nitrogens is 2. The van der Waals surface area contributed by atoms with Crippen LogP contribution in [-0.2, 0) is 7.05 Å². The zero-order chi connectivity index (χ0) is 13.6. The second-order valence-electron chi connectivity index (χ2n) is 4.13. The van der Waals surface area contributed by atoms with Crippen LogP contribution in [0.25, 0.3) is 0 Å². The Labute approximate surface area is 110 Å². The van der Waals surface area contributed by atoms with E-state index in [4.69, 9.17) is 0 Å². The van der Waals surface area contributed by atoms with Gasteiger partial charge in [-0.2, -0.15) is 0 Å². The molecule has 1 atom stereocenters. The van der Waals surface area contributed by atoms with Gasteiger partial charge in [0, 0.05) is 11.9 Å². The van der Waals surface area contributed by atoms with Gasteiger partial charge in [0.1, 0.15) is 5.82 Å². The lowest BCUT2D eigenvalue weighted by atomic mass is 10.1. The van der Waals surface area contributed by atoms with Crippen molar-refractivity contribution in [1.82, 2.24) is 14.9 Å². The Morgan fingerprint density at radius 1 is 1.32 bits per heavy atom. The van der Waals surface area contributed by atoms with E-state index in [0.717, 1.165) is 4.88 Å². The second kappa shape index (κ2) is 4.09. The van der Waals surface area contributed by atoms with Gasteiger partial charge in [-0.3, -0.25) is 19.7 Å². The number of hydrogen-bond acceptors (Lipinski definition) is 4. The van der Waals surface area contributed by atoms with Gasteiger partial charge in [-0.1, -0.05) is 6.07 Å². The number of rotatable bonds is 1. The minimum absolute atomic E-state index is 0.232. The average molecular weight is 278 g/mol. The summed E-state index contributed by atoms with van der Waals surface area (Å²) in [6.07, 6.45) is 0. The molecular weight excluding hydrogens is 268 g/mol. The predicted molar refractivity (Wildman–Crippen MR) is 70.6 cm³/mol. The van der Waals surface area contributed by atoms with E-state index in [0.29, 0.717) is 5.56 Å². The molecule has 1 aliphatic rings. The molecular formula is C11H10N4O3S. The van der Waals surface area contributed by atoms with E-state index in [1.165, 1.54) is 23.0 Å². The molecule has 98 valence electrons. The van der Waals surface area contributed by atoms with E-state index in [2.05, 4.69) is 15.6 Å². The molecule has 0 saturated carbocycles. The molecule has 0 saturated heterocycles. The van der Waals surface area contributed by atoms with Gasteiger partial charge in [-0.15, -0.1) is 11.3 Å². The van der Waals surface area contributed by atoms with Crippen LogP contribution in [0.2, 0.25) is 0 Å². The molecule has 0 bridgehead atoms. The van der Waals surface area contributed by atoms with Gasteiger partial charge in [0.15, 0.2) is 0 Å². The Morgan fingerprint density at radius 2 is 2.11 bits per heavy atom. The summed E-state index contributed by atoms with van der Waals surface area (Å²) >= 11 is 1.43. The standard InChI is InChI=1S/C11H10N4O3S/c1-15-8-6(9(16)14-11(15)18)7(12-10(17)13-8)5-3-2-4-19-5/h2-4,7H,1H3,(H2,12,13,17)(H,14,16,18)/t7-/m0/s1. The maximum Gasteiger partial charge on any atom is 0.329 e. The van der Waals surface area contributed by atoms with Gasteiger partial charge in [-0.25, -0.2) is 9.59 Å². The Kier molecular flexibility index (Phi) is 2.53. The van der Waals surface area contributed by atoms with Crippen LogP contribution < -0.4 is 21.9 Å². The van der Waals surface area contributed by atoms with Crippen LogP contribution in [0.4, 0.5) is 10.6 Å². The minimum Gasteiger partial charge on any atom is -0.326 e. The van der Waals surface area contributed by atoms with Crippen molar-refractivity contribution in [2.75, 3.05) is 5.32 Å². The monoisotopic (exact) mass is 278 g/mol. The fourth-order valence-corrected chi connectivity index (χ4v) is 2.86. The fourth-order valence-electron chi connectivity index (χ4n) is 2.07. The lowest BCUT2D eigenvalue weighted by molar-refractivity contribution is 0.248. The number of anilines is 1. The van der Waals surface area contributed by atoms with Crippen molar-refractivity contribution in [2.24, 2.45) is 7.05 Å². The van der Waals surface area contributed by atoms with Crippen molar-refractivity contribution in [1.29, 1.82) is 0 Å². The van der Waals surface area contributed by atoms with E-state index in [9.17, 15) is 14.4 Å². The number of nitrogens with one attached hydrogen (secondary N) is 3. The first-order valence-corrected chi connectivity index (χ1v) is 6.40. The number of nitrogens with zero attached hydrogens (tertiary/aromatic N) is 1. The highest BCUT2D eigenvalue weighted by Gasteiger charge is 2.31. The van der Waals surface area contributed by atoms with Crippen molar-refractivity contribution < 1.29 is 4.79 Å². The van der Waals surface area contributed by atoms with E-state index < -0.39 is 23.3 Å². The molecule has 2 aromatic rings. The molecule has 0 fully saturated rings. The summed E-state index contributed by atoms with van der Waals surface area (Å²) in [5, 5.41) is 7.05. The van der Waals surface area contributed by atoms with Crippen molar-refractivity contribution in [3.8, 4) is 0 Å². The molecule has 0 spiro atoms. The summed E-state index contributed by atoms with van der Waals surface area (Å²) in [6.45, 7) is 0. The summed E-state index contributed by atoms with van der Waals surface area (Å²) in [5.74, 6) is 0.232. The highest BCUT2D eigenvalue weighted by atomic mass is 32.1. The van der Waals surface area contributed by atoms with E-state index >= 15 is 0 Å². The molecule has 2 aromatic heterocycles. The summed E-state index contributed by atoms with van der Waals surface area (Å²) < 4.78 is 1.22. The number of aromatic amines is 1. The quantitative estimate of drug-likeness (QED) is 0.702. The van der Waals surface area contributed by atoms with Gasteiger partial charge in [0.2, 0.25) is 0 Å². The average Bonchev–Trinajstić information content (AvgIpc) is 2.88. The molecule has 0 radical (unpaired) electrons. The van der Waals surface area contributed by atoms with Gasteiger partial charge >= 0.3 is 11.7 Å². The van der Waals surface area contributed by atoms with Crippen LogP contribution in [0.15, 0.2) is 27.1 Å². The predicted octanol–water partition coefficient (Wildman–Crippen LogP) is 0.360. The van der Waals surface area contributed by atoms with Crippen LogP contribution in [0.5, 0.6) is 0 Å². The van der Waals surface area contributed by atoms with Crippen LogP contribution in [0, 0.1) is 0 Å². The lowest BCUT2D eigenvalue weighted by Crippen LogP contribution is -2.46. The van der Waals surface area contributed by atoms with Crippen LogP contribution in [0.1, 0.15) is 16.5 Å².